The van der Waals surface area contributed by atoms with Crippen molar-refractivity contribution < 1.29 is 0 Å². The van der Waals surface area contributed by atoms with E-state index >= 15 is 0 Å². The standard InChI is InChI=1S/C10H24N2/c1-5-7-10(11-3)9-12(4)8-6-2/h10-11H,5-9H2,1-4H3. The molecule has 0 heterocycles. The summed E-state index contributed by atoms with van der Waals surface area (Å²) in [5.41, 5.74) is 0. The molecule has 2 nitrogen and oxygen atoms in total. The van der Waals surface area contributed by atoms with Crippen molar-refractivity contribution in [2.45, 2.75) is 39.2 Å². The van der Waals surface area contributed by atoms with Gasteiger partial charge in [-0.25, -0.2) is 0 Å². The van der Waals surface area contributed by atoms with Crippen LogP contribution < -0.4 is 5.32 Å². The number of nitrogens with zero attached hydrogens (tertiary/aromatic N) is 1. The Bertz CT molecular complexity index is 93.8. The second-order valence-electron chi connectivity index (χ2n) is 3.54. The first-order valence-corrected chi connectivity index (χ1v) is 5.10. The van der Waals surface area contributed by atoms with E-state index in [-0.39, 0.29) is 0 Å². The van der Waals surface area contributed by atoms with Gasteiger partial charge < -0.3 is 10.2 Å². The number of nitrogens with one attached hydrogen (secondary N) is 1. The lowest BCUT2D eigenvalue weighted by Gasteiger charge is -2.22. The molecule has 0 spiro atoms. The van der Waals surface area contributed by atoms with Crippen molar-refractivity contribution in [1.82, 2.24) is 10.2 Å². The summed E-state index contributed by atoms with van der Waals surface area (Å²) in [6.45, 7) is 6.86. The van der Waals surface area contributed by atoms with Crippen LogP contribution in [-0.2, 0) is 0 Å². The van der Waals surface area contributed by atoms with Gasteiger partial charge in [-0.2, -0.15) is 0 Å². The van der Waals surface area contributed by atoms with E-state index in [0.29, 0.717) is 6.04 Å². The highest BCUT2D eigenvalue weighted by Gasteiger charge is 2.06. The molecular weight excluding hydrogens is 148 g/mol. The zero-order valence-corrected chi connectivity index (χ0v) is 9.06. The van der Waals surface area contributed by atoms with Crippen LogP contribution in [0.5, 0.6) is 0 Å². The van der Waals surface area contributed by atoms with Crippen molar-refractivity contribution in [3.05, 3.63) is 0 Å². The molecule has 0 aromatic carbocycles. The van der Waals surface area contributed by atoms with Crippen LogP contribution in [0.15, 0.2) is 0 Å². The first-order chi connectivity index (χ1) is 5.74. The Balaban J connectivity index is 3.53. The predicted molar refractivity (Wildman–Crippen MR) is 55.5 cm³/mol. The second kappa shape index (κ2) is 7.56. The SMILES string of the molecule is CCCC(CN(C)CCC)NC. The smallest absolute Gasteiger partial charge is 0.0191 e. The number of likely N-dealkylation sites (N-methyl/N-ethyl adjacent to an activating group) is 2. The van der Waals surface area contributed by atoms with Gasteiger partial charge in [-0.1, -0.05) is 20.3 Å². The minimum absolute atomic E-state index is 0.673. The molecule has 0 saturated carbocycles. The molecule has 0 amide bonds. The molecule has 0 aliphatic carbocycles. The third kappa shape index (κ3) is 5.56. The Morgan fingerprint density at radius 2 is 1.92 bits per heavy atom. The van der Waals surface area contributed by atoms with Crippen LogP contribution in [0.2, 0.25) is 0 Å². The fourth-order valence-electron chi connectivity index (χ4n) is 1.52. The molecule has 0 radical (unpaired) electrons. The molecule has 0 aliphatic heterocycles. The molecule has 0 fully saturated rings. The van der Waals surface area contributed by atoms with Crippen LogP contribution in [0.3, 0.4) is 0 Å². The molecule has 1 unspecified atom stereocenters. The maximum Gasteiger partial charge on any atom is 0.0191 e. The molecule has 0 aromatic heterocycles. The first-order valence-electron chi connectivity index (χ1n) is 5.10. The van der Waals surface area contributed by atoms with Gasteiger partial charge in [0, 0.05) is 12.6 Å². The van der Waals surface area contributed by atoms with Gasteiger partial charge in [0.1, 0.15) is 0 Å². The third-order valence-electron chi connectivity index (χ3n) is 2.18. The van der Waals surface area contributed by atoms with Crippen LogP contribution in [-0.4, -0.2) is 38.1 Å². The van der Waals surface area contributed by atoms with Gasteiger partial charge >= 0.3 is 0 Å². The van der Waals surface area contributed by atoms with Gasteiger partial charge in [0.2, 0.25) is 0 Å². The molecule has 0 rings (SSSR count). The summed E-state index contributed by atoms with van der Waals surface area (Å²) < 4.78 is 0. The summed E-state index contributed by atoms with van der Waals surface area (Å²) in [4.78, 5) is 2.40. The topological polar surface area (TPSA) is 15.3 Å². The van der Waals surface area contributed by atoms with Crippen molar-refractivity contribution in [2.24, 2.45) is 0 Å². The Morgan fingerprint density at radius 1 is 1.25 bits per heavy atom. The van der Waals surface area contributed by atoms with Gasteiger partial charge in [-0.05, 0) is 33.5 Å². The summed E-state index contributed by atoms with van der Waals surface area (Å²) in [5.74, 6) is 0. The van der Waals surface area contributed by atoms with Gasteiger partial charge in [0.25, 0.3) is 0 Å². The van der Waals surface area contributed by atoms with Gasteiger partial charge in [-0.3, -0.25) is 0 Å². The average molecular weight is 172 g/mol. The molecule has 0 saturated heterocycles. The predicted octanol–water partition coefficient (Wildman–Crippen LogP) is 1.72. The summed E-state index contributed by atoms with van der Waals surface area (Å²) in [7, 11) is 4.25. The van der Waals surface area contributed by atoms with Crippen LogP contribution in [0.4, 0.5) is 0 Å². The average Bonchev–Trinajstić information content (AvgIpc) is 2.04. The fourth-order valence-corrected chi connectivity index (χ4v) is 1.52. The van der Waals surface area contributed by atoms with E-state index in [1.807, 2.05) is 0 Å². The Hall–Kier alpha value is -0.0800. The van der Waals surface area contributed by atoms with E-state index < -0.39 is 0 Å². The van der Waals surface area contributed by atoms with E-state index in [2.05, 4.69) is 38.2 Å². The quantitative estimate of drug-likeness (QED) is 0.629. The molecule has 0 aliphatic rings. The number of hydrogen-bond acceptors (Lipinski definition) is 2. The molecule has 0 bridgehead atoms. The Kier molecular flexibility index (Phi) is 7.51. The van der Waals surface area contributed by atoms with E-state index in [1.165, 1.54) is 32.4 Å². The van der Waals surface area contributed by atoms with E-state index in [1.54, 1.807) is 0 Å². The summed E-state index contributed by atoms with van der Waals surface area (Å²) >= 11 is 0. The second-order valence-corrected chi connectivity index (χ2v) is 3.54. The summed E-state index contributed by atoms with van der Waals surface area (Å²) in [5, 5.41) is 3.35. The lowest BCUT2D eigenvalue weighted by Crippen LogP contribution is -2.37. The highest BCUT2D eigenvalue weighted by Crippen LogP contribution is 1.98. The van der Waals surface area contributed by atoms with Crippen molar-refractivity contribution in [3.8, 4) is 0 Å². The van der Waals surface area contributed by atoms with E-state index in [4.69, 9.17) is 0 Å². The zero-order chi connectivity index (χ0) is 9.40. The highest BCUT2D eigenvalue weighted by atomic mass is 15.1. The lowest BCUT2D eigenvalue weighted by atomic mass is 10.1. The normalized spacial score (nSPS) is 13.8. The minimum Gasteiger partial charge on any atom is -0.316 e. The zero-order valence-electron chi connectivity index (χ0n) is 9.06. The van der Waals surface area contributed by atoms with Crippen molar-refractivity contribution >= 4 is 0 Å². The van der Waals surface area contributed by atoms with Crippen LogP contribution >= 0.6 is 0 Å². The molecule has 74 valence electrons. The Labute approximate surface area is 77.3 Å². The lowest BCUT2D eigenvalue weighted by molar-refractivity contribution is 0.287. The van der Waals surface area contributed by atoms with Crippen molar-refractivity contribution in [3.63, 3.8) is 0 Å². The molecule has 2 heteroatoms. The van der Waals surface area contributed by atoms with Crippen molar-refractivity contribution in [1.29, 1.82) is 0 Å². The third-order valence-corrected chi connectivity index (χ3v) is 2.18. The molecular formula is C10H24N2. The summed E-state index contributed by atoms with van der Waals surface area (Å²) in [6, 6.07) is 0.673. The fraction of sp³-hybridized carbons (Fsp3) is 1.00. The van der Waals surface area contributed by atoms with E-state index in [0.717, 1.165) is 0 Å². The number of hydrogen-bond donors (Lipinski definition) is 1. The maximum atomic E-state index is 3.35. The van der Waals surface area contributed by atoms with Crippen molar-refractivity contribution in [2.75, 3.05) is 27.2 Å². The van der Waals surface area contributed by atoms with Crippen LogP contribution in [0.1, 0.15) is 33.1 Å². The van der Waals surface area contributed by atoms with Gasteiger partial charge in [0.15, 0.2) is 0 Å². The van der Waals surface area contributed by atoms with E-state index in [9.17, 15) is 0 Å². The molecule has 12 heavy (non-hydrogen) atoms. The van der Waals surface area contributed by atoms with Gasteiger partial charge in [-0.15, -0.1) is 0 Å². The van der Waals surface area contributed by atoms with Crippen LogP contribution in [0.25, 0.3) is 0 Å². The molecule has 1 N–H and O–H groups in total. The molecule has 1 atom stereocenters. The number of rotatable bonds is 7. The Morgan fingerprint density at radius 3 is 2.33 bits per heavy atom. The monoisotopic (exact) mass is 172 g/mol. The highest BCUT2D eigenvalue weighted by molar-refractivity contribution is 4.67. The van der Waals surface area contributed by atoms with Crippen LogP contribution in [0, 0.1) is 0 Å². The minimum atomic E-state index is 0.673. The maximum absolute atomic E-state index is 3.35. The molecule has 0 aromatic rings. The van der Waals surface area contributed by atoms with Gasteiger partial charge in [0.05, 0.1) is 0 Å². The first kappa shape index (κ1) is 11.9. The summed E-state index contributed by atoms with van der Waals surface area (Å²) in [6.07, 6.45) is 3.80. The largest absolute Gasteiger partial charge is 0.316 e.